The van der Waals surface area contributed by atoms with Crippen molar-refractivity contribution in [2.24, 2.45) is 5.92 Å². The number of nitrogens with one attached hydrogen (secondary N) is 1. The number of carbonyl (C=O) groups excluding carboxylic acids is 1. The van der Waals surface area contributed by atoms with Crippen LogP contribution in [0.4, 0.5) is 0 Å². The number of carboxylic acids is 1. The van der Waals surface area contributed by atoms with Crippen LogP contribution >= 0.6 is 0 Å². The molecule has 36 heavy (non-hydrogen) atoms. The Balaban J connectivity index is 1.04. The molecule has 7 heteroatoms. The Bertz CT molecular complexity index is 1230. The Kier molecular flexibility index (Phi) is 7.56. The maximum Gasteiger partial charge on any atom is 0.326 e. The molecule has 1 aromatic carbocycles. The summed E-state index contributed by atoms with van der Waals surface area (Å²) in [5, 5.41) is 13.0. The number of hydrogen-bond donors (Lipinski definition) is 2. The number of benzene rings is 1. The second kappa shape index (κ2) is 11.2. The third-order valence-electron chi connectivity index (χ3n) is 7.49. The molecule has 1 atom stereocenters. The minimum absolute atomic E-state index is 0.167. The van der Waals surface area contributed by atoms with Crippen LogP contribution in [0.5, 0.6) is 0 Å². The lowest BCUT2D eigenvalue weighted by Gasteiger charge is -2.35. The number of aromatic nitrogens is 2. The van der Waals surface area contributed by atoms with Gasteiger partial charge in [-0.2, -0.15) is 0 Å². The number of nitrogens with zero attached hydrogens (tertiary/aromatic N) is 2. The minimum Gasteiger partial charge on any atom is -0.480 e. The number of hydrogen-bond acceptors (Lipinski definition) is 5. The Morgan fingerprint density at radius 1 is 1.08 bits per heavy atom. The number of aliphatic carboxylic acids is 1. The van der Waals surface area contributed by atoms with E-state index in [1.165, 1.54) is 29.8 Å². The monoisotopic (exact) mass is 487 g/mol. The van der Waals surface area contributed by atoms with E-state index < -0.39 is 17.9 Å². The highest BCUT2D eigenvalue weighted by molar-refractivity contribution is 6.07. The van der Waals surface area contributed by atoms with Crippen molar-refractivity contribution in [2.75, 3.05) is 6.61 Å². The van der Waals surface area contributed by atoms with E-state index in [2.05, 4.69) is 22.4 Å². The van der Waals surface area contributed by atoms with Crippen LogP contribution < -0.4 is 5.32 Å². The predicted octanol–water partition coefficient (Wildman–Crippen LogP) is 4.51. The third-order valence-corrected chi connectivity index (χ3v) is 7.49. The molecule has 0 bridgehead atoms. The Morgan fingerprint density at radius 3 is 2.81 bits per heavy atom. The maximum atomic E-state index is 12.8. The molecule has 1 saturated carbocycles. The van der Waals surface area contributed by atoms with Gasteiger partial charge in [0.15, 0.2) is 0 Å². The van der Waals surface area contributed by atoms with Gasteiger partial charge in [0.05, 0.1) is 11.6 Å². The van der Waals surface area contributed by atoms with Crippen LogP contribution in [0.25, 0.3) is 10.9 Å². The quantitative estimate of drug-likeness (QED) is 0.436. The highest BCUT2D eigenvalue weighted by Crippen LogP contribution is 2.34. The number of aryl methyl sites for hydroxylation is 3. The molecule has 1 fully saturated rings. The molecular formula is C29H33N3O4. The molecule has 1 unspecified atom stereocenters. The molecule has 0 radical (unpaired) electrons. The molecule has 0 saturated heterocycles. The number of fused-ring (bicyclic) bond motifs is 2. The molecule has 2 aromatic heterocycles. The summed E-state index contributed by atoms with van der Waals surface area (Å²) in [5.41, 5.74) is 5.03. The van der Waals surface area contributed by atoms with Crippen molar-refractivity contribution in [3.05, 3.63) is 71.2 Å². The summed E-state index contributed by atoms with van der Waals surface area (Å²) in [6.45, 7) is 0.304. The third kappa shape index (κ3) is 5.73. The van der Waals surface area contributed by atoms with Gasteiger partial charge in [0.2, 0.25) is 0 Å². The number of carbonyl (C=O) groups is 2. The average molecular weight is 488 g/mol. The summed E-state index contributed by atoms with van der Waals surface area (Å²) in [7, 11) is 0. The maximum absolute atomic E-state index is 12.8. The lowest BCUT2D eigenvalue weighted by Crippen LogP contribution is -2.42. The zero-order chi connectivity index (χ0) is 24.9. The van der Waals surface area contributed by atoms with E-state index >= 15 is 0 Å². The Morgan fingerprint density at radius 2 is 1.94 bits per heavy atom. The van der Waals surface area contributed by atoms with Gasteiger partial charge in [0.25, 0.3) is 5.91 Å². The van der Waals surface area contributed by atoms with Crippen molar-refractivity contribution >= 4 is 22.8 Å². The highest BCUT2D eigenvalue weighted by atomic mass is 16.5. The van der Waals surface area contributed by atoms with Gasteiger partial charge in [0.1, 0.15) is 6.04 Å². The lowest BCUT2D eigenvalue weighted by molar-refractivity contribution is -0.140. The first-order valence-corrected chi connectivity index (χ1v) is 13.0. The number of rotatable bonds is 10. The smallest absolute Gasteiger partial charge is 0.326 e. The highest BCUT2D eigenvalue weighted by Gasteiger charge is 2.30. The summed E-state index contributed by atoms with van der Waals surface area (Å²) in [6.07, 6.45) is 11.0. The Labute approximate surface area is 211 Å². The second-order valence-corrected chi connectivity index (χ2v) is 10.0. The molecule has 2 N–H and O–H groups in total. The number of pyridine rings is 2. The minimum atomic E-state index is -1.06. The fourth-order valence-corrected chi connectivity index (χ4v) is 5.31. The molecular weight excluding hydrogens is 454 g/mol. The zero-order valence-electron chi connectivity index (χ0n) is 20.5. The lowest BCUT2D eigenvalue weighted by atomic mass is 9.79. The predicted molar refractivity (Wildman–Crippen MR) is 137 cm³/mol. The first-order chi connectivity index (χ1) is 17.6. The summed E-state index contributed by atoms with van der Waals surface area (Å²) in [6, 6.07) is 12.3. The second-order valence-electron chi connectivity index (χ2n) is 10.0. The summed E-state index contributed by atoms with van der Waals surface area (Å²) in [5.74, 6) is -0.849. The first kappa shape index (κ1) is 24.4. The molecule has 2 heterocycles. The fraction of sp³-hybridized carbons (Fsp3) is 0.448. The van der Waals surface area contributed by atoms with Crippen molar-refractivity contribution in [3.8, 4) is 0 Å². The van der Waals surface area contributed by atoms with Gasteiger partial charge >= 0.3 is 5.97 Å². The van der Waals surface area contributed by atoms with E-state index in [9.17, 15) is 14.7 Å². The van der Waals surface area contributed by atoms with Crippen LogP contribution in [0.1, 0.15) is 65.8 Å². The van der Waals surface area contributed by atoms with Gasteiger partial charge in [-0.1, -0.05) is 18.2 Å². The zero-order valence-corrected chi connectivity index (χ0v) is 20.5. The molecule has 3 aromatic rings. The summed E-state index contributed by atoms with van der Waals surface area (Å²) in [4.78, 5) is 33.7. The molecule has 188 valence electrons. The molecule has 2 aliphatic carbocycles. The van der Waals surface area contributed by atoms with E-state index in [1.54, 1.807) is 24.4 Å². The molecule has 0 spiro atoms. The van der Waals surface area contributed by atoms with E-state index in [0.29, 0.717) is 29.0 Å². The van der Waals surface area contributed by atoms with E-state index in [0.717, 1.165) is 38.5 Å². The molecule has 0 aliphatic heterocycles. The number of carboxylic acid groups (broad SMARTS) is 1. The summed E-state index contributed by atoms with van der Waals surface area (Å²) >= 11 is 0. The van der Waals surface area contributed by atoms with Crippen LogP contribution in [-0.4, -0.2) is 45.7 Å². The van der Waals surface area contributed by atoms with E-state index in [4.69, 9.17) is 9.72 Å². The molecule has 1 amide bonds. The SMILES string of the molecule is O=C(NC(CCOC1CC(CCc2ccc3c(n2)CCCC3)C1)C(=O)O)c1cccc2ncccc12. The van der Waals surface area contributed by atoms with Crippen molar-refractivity contribution < 1.29 is 19.4 Å². The fourth-order valence-electron chi connectivity index (χ4n) is 5.31. The molecule has 5 rings (SSSR count). The van der Waals surface area contributed by atoms with Crippen LogP contribution in [0.15, 0.2) is 48.7 Å². The molecule has 7 nitrogen and oxygen atoms in total. The van der Waals surface area contributed by atoms with Gasteiger partial charge in [0, 0.05) is 41.6 Å². The average Bonchev–Trinajstić information content (AvgIpc) is 2.88. The van der Waals surface area contributed by atoms with Crippen LogP contribution in [0.2, 0.25) is 0 Å². The van der Waals surface area contributed by atoms with E-state index in [1.807, 2.05) is 12.1 Å². The van der Waals surface area contributed by atoms with Crippen molar-refractivity contribution in [1.82, 2.24) is 15.3 Å². The Hall–Kier alpha value is -3.32. The van der Waals surface area contributed by atoms with Crippen LogP contribution in [-0.2, 0) is 28.8 Å². The van der Waals surface area contributed by atoms with E-state index in [-0.39, 0.29) is 12.5 Å². The van der Waals surface area contributed by atoms with Gasteiger partial charge in [-0.05, 0) is 87.1 Å². The van der Waals surface area contributed by atoms with Crippen molar-refractivity contribution in [1.29, 1.82) is 0 Å². The number of amides is 1. The van der Waals surface area contributed by atoms with Gasteiger partial charge in [-0.3, -0.25) is 14.8 Å². The van der Waals surface area contributed by atoms with Crippen molar-refractivity contribution in [3.63, 3.8) is 0 Å². The largest absolute Gasteiger partial charge is 0.480 e. The first-order valence-electron chi connectivity index (χ1n) is 13.0. The number of ether oxygens (including phenoxy) is 1. The van der Waals surface area contributed by atoms with Gasteiger partial charge in [-0.25, -0.2) is 4.79 Å². The molecule has 2 aliphatic rings. The van der Waals surface area contributed by atoms with Gasteiger partial charge < -0.3 is 15.2 Å². The van der Waals surface area contributed by atoms with Crippen LogP contribution in [0, 0.1) is 5.92 Å². The van der Waals surface area contributed by atoms with Crippen molar-refractivity contribution in [2.45, 2.75) is 69.9 Å². The topological polar surface area (TPSA) is 101 Å². The standard InChI is InChI=1S/C29H33N3O4/c33-28(24-6-3-9-26-23(24)7-4-15-30-26)32-27(29(34)35)14-16-36-22-17-19(18-22)10-12-21-13-11-20-5-1-2-8-25(20)31-21/h3-4,6-7,9,11,13,15,19,22,27H,1-2,5,8,10,12,14,16-18H2,(H,32,33)(H,34,35). The summed E-state index contributed by atoms with van der Waals surface area (Å²) < 4.78 is 5.93. The van der Waals surface area contributed by atoms with Crippen LogP contribution in [0.3, 0.4) is 0 Å². The normalized spacial score (nSPS) is 19.8. The van der Waals surface area contributed by atoms with Gasteiger partial charge in [-0.15, -0.1) is 0 Å².